The van der Waals surface area contributed by atoms with Crippen molar-refractivity contribution in [2.45, 2.75) is 0 Å². The number of carbonyl (C=O) groups is 1. The Hall–Kier alpha value is -4.39. The van der Waals surface area contributed by atoms with Crippen molar-refractivity contribution in [3.05, 3.63) is 84.3 Å². The topological polar surface area (TPSA) is 86.0 Å². The monoisotopic (exact) mass is 427 g/mol. The Labute approximate surface area is 185 Å². The largest absolute Gasteiger partial charge is 0.497 e. The maximum absolute atomic E-state index is 12.9. The number of hydrogen-bond donors (Lipinski definition) is 1. The molecule has 32 heavy (non-hydrogen) atoms. The second kappa shape index (κ2) is 9.61. The molecule has 0 aliphatic heterocycles. The molecule has 0 aliphatic carbocycles. The molecule has 0 bridgehead atoms. The van der Waals surface area contributed by atoms with Crippen LogP contribution >= 0.6 is 0 Å². The van der Waals surface area contributed by atoms with Gasteiger partial charge in [0.15, 0.2) is 0 Å². The van der Waals surface area contributed by atoms with E-state index in [4.69, 9.17) is 18.9 Å². The molecule has 0 fully saturated rings. The molecule has 0 aliphatic rings. The van der Waals surface area contributed by atoms with E-state index in [1.165, 1.54) is 6.21 Å². The first-order chi connectivity index (χ1) is 15.7. The zero-order valence-corrected chi connectivity index (χ0v) is 17.6. The minimum absolute atomic E-state index is 0.347. The van der Waals surface area contributed by atoms with E-state index in [-0.39, 0.29) is 5.91 Å². The first kappa shape index (κ1) is 20.9. The summed E-state index contributed by atoms with van der Waals surface area (Å²) >= 11 is 0. The van der Waals surface area contributed by atoms with Crippen LogP contribution in [0.15, 0.2) is 82.5 Å². The molecule has 0 spiro atoms. The standard InChI is InChI=1S/C25H21N3O4/c1-30-18-11-12-20(24(15-18)31-2)23-16-21(19-9-3-4-10-22(19)27-23)25(29)28-26-13-5-7-17-8-6-14-32-17/h3-16H,1-2H3,(H,28,29)/b7-5+,26-13-. The summed E-state index contributed by atoms with van der Waals surface area (Å²) in [6.45, 7) is 0. The lowest BCUT2D eigenvalue weighted by molar-refractivity contribution is 0.0956. The van der Waals surface area contributed by atoms with Gasteiger partial charge in [0.25, 0.3) is 5.91 Å². The van der Waals surface area contributed by atoms with Gasteiger partial charge in [0, 0.05) is 23.2 Å². The number of allylic oxidation sites excluding steroid dienone is 1. The van der Waals surface area contributed by atoms with Crippen molar-refractivity contribution in [2.75, 3.05) is 14.2 Å². The van der Waals surface area contributed by atoms with Gasteiger partial charge >= 0.3 is 0 Å². The van der Waals surface area contributed by atoms with Gasteiger partial charge in [0.1, 0.15) is 17.3 Å². The van der Waals surface area contributed by atoms with Crippen LogP contribution in [0.4, 0.5) is 0 Å². The van der Waals surface area contributed by atoms with Gasteiger partial charge in [-0.25, -0.2) is 10.4 Å². The number of benzene rings is 2. The summed E-state index contributed by atoms with van der Waals surface area (Å²) < 4.78 is 16.0. The molecule has 0 unspecified atom stereocenters. The molecule has 1 amide bonds. The van der Waals surface area contributed by atoms with Crippen molar-refractivity contribution in [3.63, 3.8) is 0 Å². The third-order valence-corrected chi connectivity index (χ3v) is 4.78. The van der Waals surface area contributed by atoms with Crippen molar-refractivity contribution in [3.8, 4) is 22.8 Å². The van der Waals surface area contributed by atoms with Gasteiger partial charge in [-0.2, -0.15) is 5.10 Å². The van der Waals surface area contributed by atoms with Gasteiger partial charge in [-0.05, 0) is 48.6 Å². The molecule has 7 heteroatoms. The second-order valence-corrected chi connectivity index (χ2v) is 6.73. The van der Waals surface area contributed by atoms with Crippen LogP contribution in [0.25, 0.3) is 28.2 Å². The number of aromatic nitrogens is 1. The fourth-order valence-electron chi connectivity index (χ4n) is 3.23. The molecule has 2 aromatic carbocycles. The van der Waals surface area contributed by atoms with Crippen molar-refractivity contribution in [1.29, 1.82) is 0 Å². The average molecular weight is 427 g/mol. The van der Waals surface area contributed by atoms with Crippen molar-refractivity contribution in [2.24, 2.45) is 5.10 Å². The normalized spacial score (nSPS) is 11.3. The number of nitrogens with one attached hydrogen (secondary N) is 1. The lowest BCUT2D eigenvalue weighted by Crippen LogP contribution is -2.18. The molecule has 0 saturated heterocycles. The molecule has 4 rings (SSSR count). The Kier molecular flexibility index (Phi) is 6.27. The highest BCUT2D eigenvalue weighted by Gasteiger charge is 2.16. The van der Waals surface area contributed by atoms with E-state index in [2.05, 4.69) is 10.5 Å². The summed E-state index contributed by atoms with van der Waals surface area (Å²) in [5.41, 5.74) is 5.06. The second-order valence-electron chi connectivity index (χ2n) is 6.73. The number of pyridine rings is 1. The maximum atomic E-state index is 12.9. The Morgan fingerprint density at radius 1 is 1.06 bits per heavy atom. The summed E-state index contributed by atoms with van der Waals surface area (Å²) in [5, 5.41) is 4.72. The Balaban J connectivity index is 1.66. The summed E-state index contributed by atoms with van der Waals surface area (Å²) in [4.78, 5) is 17.7. The average Bonchev–Trinajstić information content (AvgIpc) is 3.36. The molecule has 1 N–H and O–H groups in total. The number of ether oxygens (including phenoxy) is 2. The third kappa shape index (κ3) is 4.52. The molecule has 0 atom stereocenters. The lowest BCUT2D eigenvalue weighted by Gasteiger charge is -2.12. The van der Waals surface area contributed by atoms with Crippen LogP contribution < -0.4 is 14.9 Å². The summed E-state index contributed by atoms with van der Waals surface area (Å²) in [5.74, 6) is 1.61. The minimum Gasteiger partial charge on any atom is -0.497 e. The Morgan fingerprint density at radius 3 is 2.72 bits per heavy atom. The number of amides is 1. The van der Waals surface area contributed by atoms with Gasteiger partial charge in [0.05, 0.1) is 37.3 Å². The zero-order valence-electron chi connectivity index (χ0n) is 17.6. The summed E-state index contributed by atoms with van der Waals surface area (Å²) in [6, 6.07) is 18.3. The highest BCUT2D eigenvalue weighted by Crippen LogP contribution is 2.34. The maximum Gasteiger partial charge on any atom is 0.272 e. The Morgan fingerprint density at radius 2 is 1.94 bits per heavy atom. The molecule has 2 aromatic heterocycles. The fourth-order valence-corrected chi connectivity index (χ4v) is 3.23. The van der Waals surface area contributed by atoms with Crippen LogP contribution in [0.3, 0.4) is 0 Å². The van der Waals surface area contributed by atoms with Crippen molar-refractivity contribution < 1.29 is 18.7 Å². The first-order valence-electron chi connectivity index (χ1n) is 9.85. The van der Waals surface area contributed by atoms with Crippen LogP contribution in [0.2, 0.25) is 0 Å². The number of methoxy groups -OCH3 is 2. The quantitative estimate of drug-likeness (QED) is 0.333. The van der Waals surface area contributed by atoms with Crippen LogP contribution in [0, 0.1) is 0 Å². The molecular formula is C25H21N3O4. The molecule has 7 nitrogen and oxygen atoms in total. The number of hydrazone groups is 1. The smallest absolute Gasteiger partial charge is 0.272 e. The number of rotatable bonds is 7. The Bertz CT molecular complexity index is 1290. The SMILES string of the molecule is COc1ccc(-c2cc(C(=O)N/N=C\C=C\c3ccco3)c3ccccc3n2)c(OC)c1. The zero-order chi connectivity index (χ0) is 22.3. The number of hydrogen-bond acceptors (Lipinski definition) is 6. The van der Waals surface area contributed by atoms with Crippen LogP contribution in [-0.2, 0) is 0 Å². The van der Waals surface area contributed by atoms with E-state index in [1.54, 1.807) is 50.8 Å². The van der Waals surface area contributed by atoms with E-state index >= 15 is 0 Å². The molecular weight excluding hydrogens is 406 g/mol. The number of furan rings is 1. The molecule has 4 aromatic rings. The predicted octanol–water partition coefficient (Wildman–Crippen LogP) is 4.94. The van der Waals surface area contributed by atoms with Gasteiger partial charge < -0.3 is 13.9 Å². The van der Waals surface area contributed by atoms with Crippen molar-refractivity contribution in [1.82, 2.24) is 10.4 Å². The summed E-state index contributed by atoms with van der Waals surface area (Å²) in [6.07, 6.45) is 6.49. The van der Waals surface area contributed by atoms with E-state index in [0.29, 0.717) is 34.0 Å². The van der Waals surface area contributed by atoms with Gasteiger partial charge in [0.2, 0.25) is 0 Å². The van der Waals surface area contributed by atoms with E-state index < -0.39 is 0 Å². The lowest BCUT2D eigenvalue weighted by atomic mass is 10.0. The van der Waals surface area contributed by atoms with Gasteiger partial charge in [-0.3, -0.25) is 4.79 Å². The van der Waals surface area contributed by atoms with Crippen molar-refractivity contribution >= 4 is 29.1 Å². The first-order valence-corrected chi connectivity index (χ1v) is 9.85. The van der Waals surface area contributed by atoms with Crippen LogP contribution in [0.1, 0.15) is 16.1 Å². The summed E-state index contributed by atoms with van der Waals surface area (Å²) in [7, 11) is 3.17. The van der Waals surface area contributed by atoms with Gasteiger partial charge in [-0.15, -0.1) is 0 Å². The minimum atomic E-state index is -0.347. The highest BCUT2D eigenvalue weighted by atomic mass is 16.5. The molecule has 160 valence electrons. The highest BCUT2D eigenvalue weighted by molar-refractivity contribution is 6.07. The van der Waals surface area contributed by atoms with Crippen LogP contribution in [0.5, 0.6) is 11.5 Å². The number of para-hydroxylation sites is 1. The molecule has 0 radical (unpaired) electrons. The number of fused-ring (bicyclic) bond motifs is 1. The van der Waals surface area contributed by atoms with Crippen LogP contribution in [-0.4, -0.2) is 31.3 Å². The molecule has 2 heterocycles. The third-order valence-electron chi connectivity index (χ3n) is 4.78. The molecule has 0 saturated carbocycles. The number of nitrogens with zero attached hydrogens (tertiary/aromatic N) is 2. The number of carbonyl (C=O) groups excluding carboxylic acids is 1. The van der Waals surface area contributed by atoms with E-state index in [9.17, 15) is 4.79 Å². The fraction of sp³-hybridized carbons (Fsp3) is 0.0800. The predicted molar refractivity (Wildman–Crippen MR) is 124 cm³/mol. The van der Waals surface area contributed by atoms with E-state index in [1.807, 2.05) is 42.5 Å². The van der Waals surface area contributed by atoms with Gasteiger partial charge in [-0.1, -0.05) is 18.2 Å². The van der Waals surface area contributed by atoms with E-state index in [0.717, 1.165) is 10.9 Å².